The molecule has 0 saturated carbocycles. The second-order valence-electron chi connectivity index (χ2n) is 11.0. The average molecular weight is 579 g/mol. The number of carboxylic acid groups (broad SMARTS) is 1. The first-order chi connectivity index (χ1) is 19.7. The standard InChI is InChI=1S/C23H28N2O4S.C10H14O/c1-16-5-7-17(8-6-16)22-19-10-13-30-20(19)9-12-25(22)21(26)15-29-14-18-4-2-3-11-24(18)23(27)28;1-7-5-10(11-4)6-8(2)9(7)3/h5-8,10,13,18,22H,2-4,9,11-12,14-15H2,1H3,(H,27,28);5-6H,1-4H3. The molecule has 8 heteroatoms. The molecule has 2 unspecified atom stereocenters. The molecule has 3 aromatic rings. The largest absolute Gasteiger partial charge is 0.497 e. The number of rotatable bonds is 6. The highest BCUT2D eigenvalue weighted by molar-refractivity contribution is 7.10. The fraction of sp³-hybridized carbons (Fsp3) is 0.455. The van der Waals surface area contributed by atoms with E-state index < -0.39 is 6.09 Å². The predicted octanol–water partition coefficient (Wildman–Crippen LogP) is 6.70. The molecular formula is C33H42N2O5S. The summed E-state index contributed by atoms with van der Waals surface area (Å²) in [6.07, 6.45) is 2.62. The van der Waals surface area contributed by atoms with Gasteiger partial charge in [-0.1, -0.05) is 29.8 Å². The van der Waals surface area contributed by atoms with Crippen LogP contribution in [0, 0.1) is 27.7 Å². The number of methoxy groups -OCH3 is 1. The molecule has 7 nitrogen and oxygen atoms in total. The molecule has 2 aliphatic rings. The Morgan fingerprint density at radius 3 is 2.34 bits per heavy atom. The number of fused-ring (bicyclic) bond motifs is 1. The van der Waals surface area contributed by atoms with Crippen LogP contribution in [0.2, 0.25) is 0 Å². The van der Waals surface area contributed by atoms with E-state index in [2.05, 4.69) is 75.5 Å². The van der Waals surface area contributed by atoms with Crippen molar-refractivity contribution in [1.29, 1.82) is 0 Å². The lowest BCUT2D eigenvalue weighted by molar-refractivity contribution is -0.138. The number of carbonyl (C=O) groups is 2. The van der Waals surface area contributed by atoms with Crippen molar-refractivity contribution in [3.63, 3.8) is 0 Å². The number of likely N-dealkylation sites (tertiary alicyclic amines) is 1. The van der Waals surface area contributed by atoms with Crippen LogP contribution in [0.1, 0.15) is 63.6 Å². The molecule has 1 fully saturated rings. The number of thiophene rings is 1. The van der Waals surface area contributed by atoms with Crippen LogP contribution in [0.15, 0.2) is 47.8 Å². The van der Waals surface area contributed by atoms with E-state index in [0.29, 0.717) is 13.1 Å². The molecule has 3 heterocycles. The minimum atomic E-state index is -0.907. The van der Waals surface area contributed by atoms with Gasteiger partial charge < -0.3 is 24.4 Å². The number of hydrogen-bond donors (Lipinski definition) is 1. The lowest BCUT2D eigenvalue weighted by Crippen LogP contribution is -2.46. The summed E-state index contributed by atoms with van der Waals surface area (Å²) < 4.78 is 10.9. The summed E-state index contributed by atoms with van der Waals surface area (Å²) in [6.45, 7) is 9.85. The fourth-order valence-electron chi connectivity index (χ4n) is 5.60. The van der Waals surface area contributed by atoms with Crippen LogP contribution in [0.25, 0.3) is 0 Å². The van der Waals surface area contributed by atoms with Gasteiger partial charge in [-0.25, -0.2) is 4.79 Å². The first-order valence-electron chi connectivity index (χ1n) is 14.3. The van der Waals surface area contributed by atoms with E-state index in [4.69, 9.17) is 9.47 Å². The number of amides is 2. The fourth-order valence-corrected chi connectivity index (χ4v) is 6.50. The number of benzene rings is 2. The second-order valence-corrected chi connectivity index (χ2v) is 12.0. The third kappa shape index (κ3) is 7.49. The molecular weight excluding hydrogens is 536 g/mol. The van der Waals surface area contributed by atoms with E-state index in [0.717, 1.165) is 37.0 Å². The van der Waals surface area contributed by atoms with E-state index in [9.17, 15) is 14.7 Å². The molecule has 5 rings (SSSR count). The first kappa shape index (κ1) is 30.6. The van der Waals surface area contributed by atoms with Gasteiger partial charge in [0.15, 0.2) is 0 Å². The molecule has 0 spiro atoms. The molecule has 41 heavy (non-hydrogen) atoms. The lowest BCUT2D eigenvalue weighted by atomic mass is 9.92. The van der Waals surface area contributed by atoms with Crippen molar-refractivity contribution in [1.82, 2.24) is 9.80 Å². The third-order valence-electron chi connectivity index (χ3n) is 8.22. The van der Waals surface area contributed by atoms with Crippen LogP contribution < -0.4 is 4.74 Å². The Kier molecular flexibility index (Phi) is 10.5. The van der Waals surface area contributed by atoms with Crippen molar-refractivity contribution < 1.29 is 24.2 Å². The van der Waals surface area contributed by atoms with Crippen molar-refractivity contribution >= 4 is 23.3 Å². The third-order valence-corrected chi connectivity index (χ3v) is 9.22. The molecule has 1 aromatic heterocycles. The monoisotopic (exact) mass is 578 g/mol. The number of hydrogen-bond acceptors (Lipinski definition) is 5. The van der Waals surface area contributed by atoms with Crippen LogP contribution >= 0.6 is 11.3 Å². The second kappa shape index (κ2) is 14.0. The molecule has 1 saturated heterocycles. The quantitative estimate of drug-likeness (QED) is 0.352. The summed E-state index contributed by atoms with van der Waals surface area (Å²) in [5.74, 6) is 0.903. The van der Waals surface area contributed by atoms with Gasteiger partial charge >= 0.3 is 6.09 Å². The summed E-state index contributed by atoms with van der Waals surface area (Å²) in [5, 5.41) is 11.5. The summed E-state index contributed by atoms with van der Waals surface area (Å²) in [4.78, 5) is 29.2. The Bertz CT molecular complexity index is 1310. The zero-order chi connectivity index (χ0) is 29.5. The highest BCUT2D eigenvalue weighted by atomic mass is 32.1. The van der Waals surface area contributed by atoms with Gasteiger partial charge in [-0.15, -0.1) is 11.3 Å². The number of piperidine rings is 1. The molecule has 0 bridgehead atoms. The molecule has 220 valence electrons. The van der Waals surface area contributed by atoms with E-state index in [1.54, 1.807) is 18.4 Å². The summed E-state index contributed by atoms with van der Waals surface area (Å²) >= 11 is 1.75. The van der Waals surface area contributed by atoms with Crippen molar-refractivity contribution in [2.45, 2.75) is 65.5 Å². The van der Waals surface area contributed by atoms with E-state index in [1.807, 2.05) is 4.90 Å². The van der Waals surface area contributed by atoms with Crippen molar-refractivity contribution in [3.05, 3.63) is 86.1 Å². The topological polar surface area (TPSA) is 79.3 Å². The van der Waals surface area contributed by atoms with E-state index in [-0.39, 0.29) is 31.2 Å². The van der Waals surface area contributed by atoms with Gasteiger partial charge in [0.1, 0.15) is 12.4 Å². The SMILES string of the molecule is COc1cc(C)c(C)c(C)c1.Cc1ccc(C2c3ccsc3CCN2C(=O)COCC2CCCCN2C(=O)O)cc1. The molecule has 2 amide bonds. The molecule has 2 atom stereocenters. The molecule has 0 aliphatic carbocycles. The van der Waals surface area contributed by atoms with Crippen LogP contribution in [0.4, 0.5) is 4.79 Å². The average Bonchev–Trinajstić information content (AvgIpc) is 3.45. The van der Waals surface area contributed by atoms with E-state index in [1.165, 1.54) is 37.6 Å². The van der Waals surface area contributed by atoms with Crippen LogP contribution in [-0.4, -0.2) is 66.4 Å². The number of ether oxygens (including phenoxy) is 2. The molecule has 1 N–H and O–H groups in total. The predicted molar refractivity (Wildman–Crippen MR) is 163 cm³/mol. The number of nitrogens with zero attached hydrogens (tertiary/aromatic N) is 2. The minimum Gasteiger partial charge on any atom is -0.497 e. The van der Waals surface area contributed by atoms with Gasteiger partial charge in [-0.2, -0.15) is 0 Å². The van der Waals surface area contributed by atoms with Gasteiger partial charge in [0.25, 0.3) is 0 Å². The Morgan fingerprint density at radius 1 is 0.976 bits per heavy atom. The maximum atomic E-state index is 13.1. The zero-order valence-corrected chi connectivity index (χ0v) is 25.6. The highest BCUT2D eigenvalue weighted by Crippen LogP contribution is 2.38. The summed E-state index contributed by atoms with van der Waals surface area (Å²) in [7, 11) is 1.70. The van der Waals surface area contributed by atoms with Gasteiger partial charge in [-0.05, 0) is 105 Å². The first-order valence-corrected chi connectivity index (χ1v) is 15.2. The lowest BCUT2D eigenvalue weighted by Gasteiger charge is -2.37. The van der Waals surface area contributed by atoms with Gasteiger partial charge in [0.05, 0.1) is 25.8 Å². The van der Waals surface area contributed by atoms with Crippen molar-refractivity contribution in [3.8, 4) is 5.75 Å². The minimum absolute atomic E-state index is 0.0220. The molecule has 2 aliphatic heterocycles. The Hall–Kier alpha value is -3.36. The Morgan fingerprint density at radius 2 is 1.68 bits per heavy atom. The molecule has 0 radical (unpaired) electrons. The van der Waals surface area contributed by atoms with E-state index >= 15 is 0 Å². The van der Waals surface area contributed by atoms with Crippen LogP contribution in [0.3, 0.4) is 0 Å². The number of aryl methyl sites for hydroxylation is 3. The number of carbonyl (C=O) groups excluding carboxylic acids is 1. The highest BCUT2D eigenvalue weighted by Gasteiger charge is 2.33. The molecule has 2 aromatic carbocycles. The Labute approximate surface area is 247 Å². The van der Waals surface area contributed by atoms with Crippen molar-refractivity contribution in [2.24, 2.45) is 0 Å². The Balaban J connectivity index is 0.000000296. The maximum absolute atomic E-state index is 13.1. The van der Waals surface area contributed by atoms with Gasteiger partial charge in [-0.3, -0.25) is 4.79 Å². The normalized spacial score (nSPS) is 18.3. The van der Waals surface area contributed by atoms with Gasteiger partial charge in [0, 0.05) is 18.0 Å². The smallest absolute Gasteiger partial charge is 0.407 e. The summed E-state index contributed by atoms with van der Waals surface area (Å²) in [5.41, 5.74) is 7.44. The summed E-state index contributed by atoms with van der Waals surface area (Å²) in [6, 6.07) is 14.3. The van der Waals surface area contributed by atoms with Gasteiger partial charge in [0.2, 0.25) is 5.91 Å². The maximum Gasteiger partial charge on any atom is 0.407 e. The van der Waals surface area contributed by atoms with Crippen LogP contribution in [-0.2, 0) is 16.0 Å². The van der Waals surface area contributed by atoms with Crippen LogP contribution in [0.5, 0.6) is 5.75 Å². The van der Waals surface area contributed by atoms with Crippen molar-refractivity contribution in [2.75, 3.05) is 33.4 Å². The zero-order valence-electron chi connectivity index (χ0n) is 24.8.